The summed E-state index contributed by atoms with van der Waals surface area (Å²) < 4.78 is 43.4. The first-order valence-corrected chi connectivity index (χ1v) is 8.77. The van der Waals surface area contributed by atoms with E-state index in [-0.39, 0.29) is 17.5 Å². The van der Waals surface area contributed by atoms with Gasteiger partial charge in [-0.15, -0.1) is 0 Å². The molecular weight excluding hydrogens is 392 g/mol. The number of alkyl halides is 2. The van der Waals surface area contributed by atoms with Crippen molar-refractivity contribution in [3.05, 3.63) is 48.5 Å². The molecule has 0 aliphatic heterocycles. The number of methoxy groups -OCH3 is 1. The van der Waals surface area contributed by atoms with E-state index in [1.165, 1.54) is 19.2 Å². The number of para-hydroxylation sites is 2. The van der Waals surface area contributed by atoms with Crippen molar-refractivity contribution in [2.75, 3.05) is 19.0 Å². The third-order valence-corrected chi connectivity index (χ3v) is 4.07. The van der Waals surface area contributed by atoms with Crippen molar-refractivity contribution < 1.29 is 27.8 Å². The minimum Gasteiger partial charge on any atom is -0.493 e. The van der Waals surface area contributed by atoms with E-state index in [2.05, 4.69) is 19.4 Å². The van der Waals surface area contributed by atoms with Gasteiger partial charge in [-0.25, -0.2) is 0 Å². The van der Waals surface area contributed by atoms with Gasteiger partial charge in [0, 0.05) is 17.1 Å². The highest BCUT2D eigenvalue weighted by Gasteiger charge is 2.12. The van der Waals surface area contributed by atoms with Gasteiger partial charge in [-0.1, -0.05) is 12.1 Å². The molecule has 1 heterocycles. The highest BCUT2D eigenvalue weighted by Crippen LogP contribution is 2.26. The number of anilines is 1. The third kappa shape index (κ3) is 5.13. The monoisotopic (exact) mass is 407 g/mol. The van der Waals surface area contributed by atoms with E-state index in [4.69, 9.17) is 9.47 Å². The lowest BCUT2D eigenvalue weighted by Gasteiger charge is -2.09. The van der Waals surface area contributed by atoms with Crippen LogP contribution in [-0.2, 0) is 4.79 Å². The van der Waals surface area contributed by atoms with E-state index < -0.39 is 12.5 Å². The summed E-state index contributed by atoms with van der Waals surface area (Å²) in [6.07, 6.45) is 0. The van der Waals surface area contributed by atoms with Crippen LogP contribution < -0.4 is 19.5 Å². The minimum atomic E-state index is -2.89. The van der Waals surface area contributed by atoms with E-state index in [0.717, 1.165) is 11.5 Å². The molecule has 28 heavy (non-hydrogen) atoms. The Hall–Kier alpha value is -3.27. The van der Waals surface area contributed by atoms with E-state index in [9.17, 15) is 13.6 Å². The summed E-state index contributed by atoms with van der Waals surface area (Å²) in [6.45, 7) is -3.11. The molecule has 146 valence electrons. The number of halogens is 2. The standard InChI is InChI=1S/C18H15F2N3O4S/c1-25-13-4-2-3-5-14(13)26-10-15(24)21-18-22-16(23-28-18)11-6-8-12(9-7-11)27-17(19)20/h2-9,17H,10H2,1H3,(H,21,22,23,24). The average molecular weight is 407 g/mol. The Morgan fingerprint density at radius 1 is 1.14 bits per heavy atom. The molecule has 0 saturated carbocycles. The van der Waals surface area contributed by atoms with Crippen LogP contribution in [0.2, 0.25) is 0 Å². The number of rotatable bonds is 8. The maximum atomic E-state index is 12.2. The second kappa shape index (κ2) is 9.09. The summed E-state index contributed by atoms with van der Waals surface area (Å²) in [5, 5.41) is 2.88. The van der Waals surface area contributed by atoms with Gasteiger partial charge in [0.2, 0.25) is 5.13 Å². The van der Waals surface area contributed by atoms with Gasteiger partial charge in [0.25, 0.3) is 5.91 Å². The van der Waals surface area contributed by atoms with Gasteiger partial charge in [0.1, 0.15) is 5.75 Å². The Morgan fingerprint density at radius 3 is 2.54 bits per heavy atom. The van der Waals surface area contributed by atoms with Crippen LogP contribution >= 0.6 is 11.5 Å². The Morgan fingerprint density at radius 2 is 1.86 bits per heavy atom. The zero-order chi connectivity index (χ0) is 19.9. The fourth-order valence-corrected chi connectivity index (χ4v) is 2.82. The third-order valence-electron chi connectivity index (χ3n) is 3.44. The first-order chi connectivity index (χ1) is 13.5. The largest absolute Gasteiger partial charge is 0.493 e. The number of nitrogens with zero attached hydrogens (tertiary/aromatic N) is 2. The van der Waals surface area contributed by atoms with Crippen molar-refractivity contribution in [1.29, 1.82) is 0 Å². The number of ether oxygens (including phenoxy) is 3. The highest BCUT2D eigenvalue weighted by molar-refractivity contribution is 7.10. The summed E-state index contributed by atoms with van der Waals surface area (Å²) in [7, 11) is 1.51. The van der Waals surface area contributed by atoms with Gasteiger partial charge in [-0.05, 0) is 36.4 Å². The van der Waals surface area contributed by atoms with E-state index in [1.54, 1.807) is 36.4 Å². The summed E-state index contributed by atoms with van der Waals surface area (Å²) in [5.74, 6) is 0.955. The minimum absolute atomic E-state index is 0.0380. The molecule has 7 nitrogen and oxygen atoms in total. The number of carbonyl (C=O) groups is 1. The number of aromatic nitrogens is 2. The van der Waals surface area contributed by atoms with Gasteiger partial charge < -0.3 is 14.2 Å². The van der Waals surface area contributed by atoms with Crippen LogP contribution in [-0.4, -0.2) is 35.6 Å². The number of amides is 1. The molecule has 0 radical (unpaired) electrons. The van der Waals surface area contributed by atoms with Crippen molar-refractivity contribution in [1.82, 2.24) is 9.36 Å². The fourth-order valence-electron chi connectivity index (χ4n) is 2.21. The van der Waals surface area contributed by atoms with Crippen LogP contribution in [0.3, 0.4) is 0 Å². The number of hydrogen-bond acceptors (Lipinski definition) is 7. The van der Waals surface area contributed by atoms with E-state index >= 15 is 0 Å². The van der Waals surface area contributed by atoms with Crippen molar-refractivity contribution in [3.8, 4) is 28.6 Å². The molecule has 2 aromatic carbocycles. The molecule has 0 unspecified atom stereocenters. The Bertz CT molecular complexity index is 935. The predicted molar refractivity (Wildman–Crippen MR) is 99.1 cm³/mol. The van der Waals surface area contributed by atoms with Crippen LogP contribution in [0.5, 0.6) is 17.2 Å². The molecule has 1 aromatic heterocycles. The fraction of sp³-hybridized carbons (Fsp3) is 0.167. The molecule has 0 atom stereocenters. The molecule has 0 aliphatic rings. The smallest absolute Gasteiger partial charge is 0.387 e. The molecule has 0 saturated heterocycles. The highest BCUT2D eigenvalue weighted by atomic mass is 32.1. The maximum Gasteiger partial charge on any atom is 0.387 e. The molecular formula is C18H15F2N3O4S. The van der Waals surface area contributed by atoms with Crippen molar-refractivity contribution in [3.63, 3.8) is 0 Å². The average Bonchev–Trinajstić information content (AvgIpc) is 3.15. The Kier molecular flexibility index (Phi) is 6.33. The van der Waals surface area contributed by atoms with Crippen LogP contribution in [0, 0.1) is 0 Å². The number of carbonyl (C=O) groups excluding carboxylic acids is 1. The van der Waals surface area contributed by atoms with Crippen molar-refractivity contribution in [2.45, 2.75) is 6.61 Å². The van der Waals surface area contributed by atoms with Crippen LogP contribution in [0.15, 0.2) is 48.5 Å². The predicted octanol–water partition coefficient (Wildman–Crippen LogP) is 3.83. The molecule has 3 aromatic rings. The number of hydrogen-bond donors (Lipinski definition) is 1. The molecule has 10 heteroatoms. The summed E-state index contributed by atoms with van der Waals surface area (Å²) in [6, 6.07) is 12.9. The molecule has 0 spiro atoms. The quantitative estimate of drug-likeness (QED) is 0.611. The SMILES string of the molecule is COc1ccccc1OCC(=O)Nc1nc(-c2ccc(OC(F)F)cc2)ns1. The number of benzene rings is 2. The van der Waals surface area contributed by atoms with Gasteiger partial charge >= 0.3 is 6.61 Å². The molecule has 0 bridgehead atoms. The Balaban J connectivity index is 1.57. The molecule has 0 fully saturated rings. The second-order valence-corrected chi connectivity index (χ2v) is 6.07. The second-order valence-electron chi connectivity index (χ2n) is 5.31. The first-order valence-electron chi connectivity index (χ1n) is 8.00. The normalized spacial score (nSPS) is 10.6. The van der Waals surface area contributed by atoms with Crippen molar-refractivity contribution >= 4 is 22.6 Å². The zero-order valence-electron chi connectivity index (χ0n) is 14.6. The van der Waals surface area contributed by atoms with Gasteiger partial charge in [-0.2, -0.15) is 18.1 Å². The summed E-state index contributed by atoms with van der Waals surface area (Å²) >= 11 is 0.992. The molecule has 0 aliphatic carbocycles. The summed E-state index contributed by atoms with van der Waals surface area (Å²) in [5.41, 5.74) is 0.601. The van der Waals surface area contributed by atoms with Gasteiger partial charge in [-0.3, -0.25) is 10.1 Å². The van der Waals surface area contributed by atoms with Gasteiger partial charge in [0.05, 0.1) is 7.11 Å². The van der Waals surface area contributed by atoms with Crippen molar-refractivity contribution in [2.24, 2.45) is 0 Å². The lowest BCUT2D eigenvalue weighted by atomic mass is 10.2. The maximum absolute atomic E-state index is 12.2. The zero-order valence-corrected chi connectivity index (χ0v) is 15.4. The molecule has 1 N–H and O–H groups in total. The summed E-state index contributed by atoms with van der Waals surface area (Å²) in [4.78, 5) is 16.3. The molecule has 3 rings (SSSR count). The molecule has 1 amide bonds. The number of nitrogens with one attached hydrogen (secondary N) is 1. The first kappa shape index (κ1) is 19.5. The van der Waals surface area contributed by atoms with Crippen LogP contribution in [0.1, 0.15) is 0 Å². The lowest BCUT2D eigenvalue weighted by molar-refractivity contribution is -0.118. The van der Waals surface area contributed by atoms with Gasteiger partial charge in [0.15, 0.2) is 23.9 Å². The van der Waals surface area contributed by atoms with Crippen LogP contribution in [0.4, 0.5) is 13.9 Å². The van der Waals surface area contributed by atoms with E-state index in [1.807, 2.05) is 0 Å². The topological polar surface area (TPSA) is 82.6 Å². The van der Waals surface area contributed by atoms with E-state index in [0.29, 0.717) is 22.9 Å². The lowest BCUT2D eigenvalue weighted by Crippen LogP contribution is -2.20. The Labute approximate surface area is 163 Å². The van der Waals surface area contributed by atoms with Crippen LogP contribution in [0.25, 0.3) is 11.4 Å².